The first-order valence-electron chi connectivity index (χ1n) is 7.31. The highest BCUT2D eigenvalue weighted by atomic mass is 16.5. The fourth-order valence-corrected chi connectivity index (χ4v) is 2.30. The highest BCUT2D eigenvalue weighted by Crippen LogP contribution is 2.21. The van der Waals surface area contributed by atoms with Gasteiger partial charge in [0.1, 0.15) is 0 Å². The van der Waals surface area contributed by atoms with Crippen molar-refractivity contribution in [2.75, 3.05) is 26.4 Å². The first-order valence-corrected chi connectivity index (χ1v) is 7.31. The summed E-state index contributed by atoms with van der Waals surface area (Å²) in [4.78, 5) is 0. The number of ether oxygens (including phenoxy) is 2. The molecule has 0 aromatic carbocycles. The van der Waals surface area contributed by atoms with E-state index in [2.05, 4.69) is 19.2 Å². The second kappa shape index (κ2) is 9.86. The molecule has 0 aromatic rings. The smallest absolute Gasteiger partial charge is 0.0729 e. The van der Waals surface area contributed by atoms with Crippen LogP contribution in [0, 0.1) is 0 Å². The van der Waals surface area contributed by atoms with Crippen molar-refractivity contribution in [3.8, 4) is 0 Å². The minimum absolute atomic E-state index is 0.413. The maximum atomic E-state index is 5.91. The average molecular weight is 243 g/mol. The number of nitrogens with one attached hydrogen (secondary N) is 1. The minimum atomic E-state index is 0.413. The molecule has 0 aromatic heterocycles. The predicted molar refractivity (Wildman–Crippen MR) is 71.4 cm³/mol. The summed E-state index contributed by atoms with van der Waals surface area (Å²) >= 11 is 0. The van der Waals surface area contributed by atoms with E-state index >= 15 is 0 Å². The van der Waals surface area contributed by atoms with E-state index in [0.29, 0.717) is 12.1 Å². The molecule has 2 atom stereocenters. The van der Waals surface area contributed by atoms with Crippen LogP contribution in [0.1, 0.15) is 52.4 Å². The van der Waals surface area contributed by atoms with Crippen molar-refractivity contribution in [2.24, 2.45) is 0 Å². The monoisotopic (exact) mass is 243 g/mol. The standard InChI is InChI=1S/C14H29NO2/c1-3-5-10-16-11-12-17-14-8-6-7-13(14)15-9-4-2/h13-15H,3-12H2,1-2H3. The Kier molecular flexibility index (Phi) is 8.67. The molecule has 0 heterocycles. The number of unbranched alkanes of at least 4 members (excludes halogenated alkanes) is 1. The molecule has 0 radical (unpaired) electrons. The van der Waals surface area contributed by atoms with Gasteiger partial charge in [0.25, 0.3) is 0 Å². The van der Waals surface area contributed by atoms with Crippen LogP contribution in [0.25, 0.3) is 0 Å². The van der Waals surface area contributed by atoms with Crippen LogP contribution in [-0.4, -0.2) is 38.5 Å². The van der Waals surface area contributed by atoms with Gasteiger partial charge < -0.3 is 14.8 Å². The molecule has 2 unspecified atom stereocenters. The number of rotatable bonds is 10. The fraction of sp³-hybridized carbons (Fsp3) is 1.00. The summed E-state index contributed by atoms with van der Waals surface area (Å²) in [6, 6.07) is 0.575. The summed E-state index contributed by atoms with van der Waals surface area (Å²) in [5, 5.41) is 3.58. The molecule has 0 saturated heterocycles. The molecule has 1 rings (SSSR count). The Morgan fingerprint density at radius 3 is 2.71 bits per heavy atom. The summed E-state index contributed by atoms with van der Waals surface area (Å²) in [7, 11) is 0. The normalized spacial score (nSPS) is 24.4. The molecule has 0 amide bonds. The Hall–Kier alpha value is -0.120. The lowest BCUT2D eigenvalue weighted by molar-refractivity contribution is -0.00319. The van der Waals surface area contributed by atoms with Crippen molar-refractivity contribution < 1.29 is 9.47 Å². The van der Waals surface area contributed by atoms with E-state index < -0.39 is 0 Å². The first kappa shape index (κ1) is 14.9. The van der Waals surface area contributed by atoms with Gasteiger partial charge in [0.2, 0.25) is 0 Å². The average Bonchev–Trinajstić information content (AvgIpc) is 2.78. The van der Waals surface area contributed by atoms with Crippen LogP contribution < -0.4 is 5.32 Å². The van der Waals surface area contributed by atoms with Crippen molar-refractivity contribution in [3.05, 3.63) is 0 Å². The molecule has 0 bridgehead atoms. The Balaban J connectivity index is 2.00. The molecule has 3 heteroatoms. The molecule has 0 spiro atoms. The third-order valence-electron chi connectivity index (χ3n) is 3.31. The molecular formula is C14H29NO2. The summed E-state index contributed by atoms with van der Waals surface area (Å²) in [5.74, 6) is 0. The summed E-state index contributed by atoms with van der Waals surface area (Å²) in [6.45, 7) is 7.87. The van der Waals surface area contributed by atoms with Crippen LogP contribution in [0.4, 0.5) is 0 Å². The minimum Gasteiger partial charge on any atom is -0.379 e. The van der Waals surface area contributed by atoms with Gasteiger partial charge >= 0.3 is 0 Å². The van der Waals surface area contributed by atoms with Crippen molar-refractivity contribution in [1.29, 1.82) is 0 Å². The van der Waals surface area contributed by atoms with Gasteiger partial charge in [-0.05, 0) is 38.6 Å². The molecule has 0 aliphatic heterocycles. The van der Waals surface area contributed by atoms with Gasteiger partial charge in [-0.25, -0.2) is 0 Å². The molecule has 1 aliphatic rings. The van der Waals surface area contributed by atoms with E-state index in [1.54, 1.807) is 0 Å². The second-order valence-corrected chi connectivity index (χ2v) is 4.87. The molecule has 3 nitrogen and oxygen atoms in total. The molecule has 1 saturated carbocycles. The van der Waals surface area contributed by atoms with Crippen LogP contribution in [0.5, 0.6) is 0 Å². The van der Waals surface area contributed by atoms with Gasteiger partial charge in [0.15, 0.2) is 0 Å². The molecule has 1 aliphatic carbocycles. The lowest BCUT2D eigenvalue weighted by Crippen LogP contribution is -2.38. The lowest BCUT2D eigenvalue weighted by Gasteiger charge is -2.21. The number of hydrogen-bond donors (Lipinski definition) is 1. The van der Waals surface area contributed by atoms with E-state index in [4.69, 9.17) is 9.47 Å². The van der Waals surface area contributed by atoms with Crippen molar-refractivity contribution in [1.82, 2.24) is 5.32 Å². The molecule has 102 valence electrons. The van der Waals surface area contributed by atoms with Crippen LogP contribution in [0.3, 0.4) is 0 Å². The maximum Gasteiger partial charge on any atom is 0.0729 e. The molecular weight excluding hydrogens is 214 g/mol. The molecule has 17 heavy (non-hydrogen) atoms. The zero-order valence-electron chi connectivity index (χ0n) is 11.5. The van der Waals surface area contributed by atoms with E-state index in [1.807, 2.05) is 0 Å². The van der Waals surface area contributed by atoms with Crippen LogP contribution >= 0.6 is 0 Å². The maximum absolute atomic E-state index is 5.91. The van der Waals surface area contributed by atoms with Crippen molar-refractivity contribution in [2.45, 2.75) is 64.5 Å². The van der Waals surface area contributed by atoms with Crippen LogP contribution in [-0.2, 0) is 9.47 Å². The Labute approximate surface area is 106 Å². The zero-order valence-corrected chi connectivity index (χ0v) is 11.5. The Morgan fingerprint density at radius 2 is 1.94 bits per heavy atom. The SMILES string of the molecule is CCCCOCCOC1CCCC1NCCC. The van der Waals surface area contributed by atoms with Gasteiger partial charge in [-0.2, -0.15) is 0 Å². The highest BCUT2D eigenvalue weighted by molar-refractivity contribution is 4.83. The van der Waals surface area contributed by atoms with Crippen LogP contribution in [0.2, 0.25) is 0 Å². The van der Waals surface area contributed by atoms with Crippen LogP contribution in [0.15, 0.2) is 0 Å². The zero-order chi connectivity index (χ0) is 12.3. The van der Waals surface area contributed by atoms with Gasteiger partial charge in [0, 0.05) is 12.6 Å². The van der Waals surface area contributed by atoms with Gasteiger partial charge in [-0.1, -0.05) is 20.3 Å². The highest BCUT2D eigenvalue weighted by Gasteiger charge is 2.26. The van der Waals surface area contributed by atoms with Gasteiger partial charge in [0.05, 0.1) is 19.3 Å². The Bertz CT molecular complexity index is 176. The predicted octanol–water partition coefficient (Wildman–Crippen LogP) is 2.74. The van der Waals surface area contributed by atoms with Crippen molar-refractivity contribution in [3.63, 3.8) is 0 Å². The van der Waals surface area contributed by atoms with Gasteiger partial charge in [-0.15, -0.1) is 0 Å². The first-order chi connectivity index (χ1) is 8.38. The summed E-state index contributed by atoms with van der Waals surface area (Å²) < 4.78 is 11.4. The quantitative estimate of drug-likeness (QED) is 0.598. The fourth-order valence-electron chi connectivity index (χ4n) is 2.30. The lowest BCUT2D eigenvalue weighted by atomic mass is 10.2. The van der Waals surface area contributed by atoms with E-state index in [1.165, 1.54) is 32.1 Å². The summed E-state index contributed by atoms with van der Waals surface area (Å²) in [6.07, 6.45) is 7.73. The Morgan fingerprint density at radius 1 is 1.06 bits per heavy atom. The second-order valence-electron chi connectivity index (χ2n) is 4.87. The van der Waals surface area contributed by atoms with Crippen molar-refractivity contribution >= 4 is 0 Å². The molecule has 1 fully saturated rings. The number of hydrogen-bond acceptors (Lipinski definition) is 3. The topological polar surface area (TPSA) is 30.5 Å². The largest absolute Gasteiger partial charge is 0.379 e. The van der Waals surface area contributed by atoms with Gasteiger partial charge in [-0.3, -0.25) is 0 Å². The van der Waals surface area contributed by atoms with E-state index in [-0.39, 0.29) is 0 Å². The van der Waals surface area contributed by atoms with E-state index in [9.17, 15) is 0 Å². The third-order valence-corrected chi connectivity index (χ3v) is 3.31. The third kappa shape index (κ3) is 6.39. The molecule has 1 N–H and O–H groups in total. The summed E-state index contributed by atoms with van der Waals surface area (Å²) in [5.41, 5.74) is 0. The van der Waals surface area contributed by atoms with E-state index in [0.717, 1.165) is 32.8 Å².